The Hall–Kier alpha value is -3.52. The topological polar surface area (TPSA) is 106 Å². The number of aryl methyl sites for hydroxylation is 1. The van der Waals surface area contributed by atoms with Crippen molar-refractivity contribution in [2.45, 2.75) is 13.5 Å². The Morgan fingerprint density at radius 2 is 2.14 bits per heavy atom. The Labute approximate surface area is 164 Å². The molecule has 140 valence electrons. The molecule has 0 atom stereocenters. The van der Waals surface area contributed by atoms with Gasteiger partial charge in [0.1, 0.15) is 12.4 Å². The predicted octanol–water partition coefficient (Wildman–Crippen LogP) is 2.78. The van der Waals surface area contributed by atoms with Crippen molar-refractivity contribution in [1.29, 1.82) is 0 Å². The first kappa shape index (κ1) is 17.9. The van der Waals surface area contributed by atoms with Gasteiger partial charge >= 0.3 is 5.69 Å². The molecule has 9 heteroatoms. The van der Waals surface area contributed by atoms with Gasteiger partial charge in [0.05, 0.1) is 10.5 Å². The summed E-state index contributed by atoms with van der Waals surface area (Å²) in [5.74, 6) is 0.197. The smallest absolute Gasteiger partial charge is 0.337 e. The molecule has 4 aromatic rings. The number of nitrogens with one attached hydrogen (secondary N) is 2. The molecule has 4 rings (SSSR count). The fourth-order valence-electron chi connectivity index (χ4n) is 2.78. The number of pyridine rings is 1. The fraction of sp³-hybridized carbons (Fsp3) is 0.105. The first-order valence-corrected chi connectivity index (χ1v) is 8.81. The maximum absolute atomic E-state index is 12.3. The molecule has 0 saturated heterocycles. The number of aromatic nitrogens is 5. The highest BCUT2D eigenvalue weighted by Crippen LogP contribution is 2.30. The number of H-pyrrole nitrogens is 1. The van der Waals surface area contributed by atoms with Crippen LogP contribution in [0.15, 0.2) is 53.7 Å². The molecule has 0 unspecified atom stereocenters. The molecule has 1 amide bonds. The third-order valence-corrected chi connectivity index (χ3v) is 4.41. The SMILES string of the molecule is Cc1cnc2nc(-c3cc(NC(=O)Cn4cccnc4=O)ccc3Cl)[nH]c2c1. The summed E-state index contributed by atoms with van der Waals surface area (Å²) in [4.78, 5) is 39.5. The average molecular weight is 395 g/mol. The number of fused-ring (bicyclic) bond motifs is 1. The molecule has 0 aliphatic carbocycles. The number of carbonyl (C=O) groups is 1. The number of hydrogen-bond acceptors (Lipinski definition) is 5. The van der Waals surface area contributed by atoms with Crippen LogP contribution < -0.4 is 11.0 Å². The van der Waals surface area contributed by atoms with Gasteiger partial charge in [-0.05, 0) is 42.8 Å². The average Bonchev–Trinajstić information content (AvgIpc) is 3.08. The van der Waals surface area contributed by atoms with Crippen LogP contribution in [0.2, 0.25) is 5.02 Å². The Kier molecular flexibility index (Phi) is 4.62. The van der Waals surface area contributed by atoms with Gasteiger partial charge in [0.2, 0.25) is 5.91 Å². The van der Waals surface area contributed by atoms with Gasteiger partial charge in [0.15, 0.2) is 5.65 Å². The van der Waals surface area contributed by atoms with Gasteiger partial charge in [-0.15, -0.1) is 0 Å². The number of anilines is 1. The summed E-state index contributed by atoms with van der Waals surface area (Å²) in [6.07, 6.45) is 4.63. The number of amides is 1. The molecule has 0 spiro atoms. The van der Waals surface area contributed by atoms with E-state index in [1.807, 2.05) is 13.0 Å². The van der Waals surface area contributed by atoms with Crippen molar-refractivity contribution in [3.63, 3.8) is 0 Å². The number of hydrogen-bond donors (Lipinski definition) is 2. The second kappa shape index (κ2) is 7.24. The molecular formula is C19H15ClN6O2. The molecule has 3 heterocycles. The molecular weight excluding hydrogens is 380 g/mol. The number of halogens is 1. The van der Waals surface area contributed by atoms with Gasteiger partial charge in [0.25, 0.3) is 0 Å². The van der Waals surface area contributed by atoms with Crippen LogP contribution in [-0.4, -0.2) is 30.4 Å². The zero-order chi connectivity index (χ0) is 19.7. The van der Waals surface area contributed by atoms with Crippen LogP contribution in [0.25, 0.3) is 22.6 Å². The van der Waals surface area contributed by atoms with Crippen LogP contribution in [-0.2, 0) is 11.3 Å². The lowest BCUT2D eigenvalue weighted by molar-refractivity contribution is -0.116. The van der Waals surface area contributed by atoms with Crippen molar-refractivity contribution in [2.75, 3.05) is 5.32 Å². The highest BCUT2D eigenvalue weighted by molar-refractivity contribution is 6.33. The highest BCUT2D eigenvalue weighted by atomic mass is 35.5. The van der Waals surface area contributed by atoms with Crippen LogP contribution in [0.3, 0.4) is 0 Å². The number of benzene rings is 1. The van der Waals surface area contributed by atoms with E-state index in [-0.39, 0.29) is 12.5 Å². The first-order chi connectivity index (χ1) is 13.5. The molecule has 3 aromatic heterocycles. The lowest BCUT2D eigenvalue weighted by Gasteiger charge is -2.09. The lowest BCUT2D eigenvalue weighted by Crippen LogP contribution is -2.28. The fourth-order valence-corrected chi connectivity index (χ4v) is 2.99. The summed E-state index contributed by atoms with van der Waals surface area (Å²) in [5, 5.41) is 3.24. The van der Waals surface area contributed by atoms with E-state index in [4.69, 9.17) is 11.6 Å². The molecule has 1 aromatic carbocycles. The van der Waals surface area contributed by atoms with E-state index in [0.717, 1.165) is 11.1 Å². The molecule has 2 N–H and O–H groups in total. The van der Waals surface area contributed by atoms with Crippen molar-refractivity contribution in [1.82, 2.24) is 24.5 Å². The normalized spacial score (nSPS) is 10.9. The van der Waals surface area contributed by atoms with Crippen LogP contribution >= 0.6 is 11.6 Å². The summed E-state index contributed by atoms with van der Waals surface area (Å²) in [6.45, 7) is 1.81. The van der Waals surface area contributed by atoms with Crippen LogP contribution in [0, 0.1) is 6.92 Å². The first-order valence-electron chi connectivity index (χ1n) is 8.43. The molecule has 0 aliphatic rings. The van der Waals surface area contributed by atoms with Crippen molar-refractivity contribution < 1.29 is 4.79 Å². The minimum atomic E-state index is -0.487. The second-order valence-electron chi connectivity index (χ2n) is 6.24. The summed E-state index contributed by atoms with van der Waals surface area (Å²) in [6, 6.07) is 8.61. The molecule has 0 fully saturated rings. The molecule has 8 nitrogen and oxygen atoms in total. The van der Waals surface area contributed by atoms with Crippen LogP contribution in [0.4, 0.5) is 5.69 Å². The molecule has 28 heavy (non-hydrogen) atoms. The predicted molar refractivity (Wildman–Crippen MR) is 106 cm³/mol. The lowest BCUT2D eigenvalue weighted by atomic mass is 10.2. The van der Waals surface area contributed by atoms with Crippen molar-refractivity contribution in [3.05, 3.63) is 70.0 Å². The van der Waals surface area contributed by atoms with E-state index < -0.39 is 5.69 Å². The third kappa shape index (κ3) is 3.63. The Morgan fingerprint density at radius 1 is 1.29 bits per heavy atom. The molecule has 0 radical (unpaired) electrons. The third-order valence-electron chi connectivity index (χ3n) is 4.08. The van der Waals surface area contributed by atoms with E-state index >= 15 is 0 Å². The largest absolute Gasteiger partial charge is 0.347 e. The molecule has 0 saturated carbocycles. The molecule has 0 aliphatic heterocycles. The van der Waals surface area contributed by atoms with Gasteiger partial charge < -0.3 is 10.3 Å². The summed E-state index contributed by atoms with van der Waals surface area (Å²) in [5.41, 5.74) is 3.08. The number of aromatic amines is 1. The van der Waals surface area contributed by atoms with Crippen molar-refractivity contribution in [3.8, 4) is 11.4 Å². The molecule has 0 bridgehead atoms. The number of carbonyl (C=O) groups excluding carboxylic acids is 1. The Morgan fingerprint density at radius 3 is 2.96 bits per heavy atom. The zero-order valence-corrected chi connectivity index (χ0v) is 15.6. The number of rotatable bonds is 4. The van der Waals surface area contributed by atoms with E-state index in [1.165, 1.54) is 17.0 Å². The van der Waals surface area contributed by atoms with Gasteiger partial charge in [0, 0.05) is 29.8 Å². The Balaban J connectivity index is 1.60. The maximum atomic E-state index is 12.3. The van der Waals surface area contributed by atoms with Crippen molar-refractivity contribution >= 4 is 34.4 Å². The number of imidazole rings is 1. The van der Waals surface area contributed by atoms with Gasteiger partial charge in [-0.2, -0.15) is 0 Å². The maximum Gasteiger partial charge on any atom is 0.347 e. The van der Waals surface area contributed by atoms with E-state index in [0.29, 0.717) is 27.7 Å². The minimum Gasteiger partial charge on any atom is -0.337 e. The zero-order valence-electron chi connectivity index (χ0n) is 14.8. The van der Waals surface area contributed by atoms with E-state index in [1.54, 1.807) is 30.5 Å². The Bertz CT molecular complexity index is 1250. The minimum absolute atomic E-state index is 0.140. The summed E-state index contributed by atoms with van der Waals surface area (Å²) >= 11 is 6.33. The van der Waals surface area contributed by atoms with Gasteiger partial charge in [-0.3, -0.25) is 9.36 Å². The highest BCUT2D eigenvalue weighted by Gasteiger charge is 2.12. The standard InChI is InChI=1S/C19H15ClN6O2/c1-11-7-15-18(22-9-11)25-17(24-15)13-8-12(3-4-14(13)20)23-16(27)10-26-6-2-5-21-19(26)28/h2-9H,10H2,1H3,(H,23,27)(H,22,24,25). The van der Waals surface area contributed by atoms with E-state index in [9.17, 15) is 9.59 Å². The summed E-state index contributed by atoms with van der Waals surface area (Å²) in [7, 11) is 0. The second-order valence-corrected chi connectivity index (χ2v) is 6.65. The monoisotopic (exact) mass is 394 g/mol. The van der Waals surface area contributed by atoms with Crippen LogP contribution in [0.5, 0.6) is 0 Å². The quantitative estimate of drug-likeness (QED) is 0.553. The van der Waals surface area contributed by atoms with Crippen LogP contribution in [0.1, 0.15) is 5.56 Å². The number of nitrogens with zero attached hydrogens (tertiary/aromatic N) is 4. The van der Waals surface area contributed by atoms with Gasteiger partial charge in [-0.1, -0.05) is 11.6 Å². The van der Waals surface area contributed by atoms with E-state index in [2.05, 4.69) is 25.3 Å². The van der Waals surface area contributed by atoms with Crippen molar-refractivity contribution in [2.24, 2.45) is 0 Å². The summed E-state index contributed by atoms with van der Waals surface area (Å²) < 4.78 is 1.22. The van der Waals surface area contributed by atoms with Gasteiger partial charge in [-0.25, -0.2) is 19.7 Å².